The molecule has 2 unspecified atom stereocenters. The van der Waals surface area contributed by atoms with Crippen LogP contribution < -0.4 is 4.72 Å². The van der Waals surface area contributed by atoms with Crippen LogP contribution in [0.15, 0.2) is 11.6 Å². The van der Waals surface area contributed by atoms with E-state index in [2.05, 4.69) is 17.7 Å². The molecule has 134 valence electrons. The third kappa shape index (κ3) is 2.15. The van der Waals surface area contributed by atoms with Gasteiger partial charge in [-0.05, 0) is 80.0 Å². The summed E-state index contributed by atoms with van der Waals surface area (Å²) in [6.07, 6.45) is 13.8. The van der Waals surface area contributed by atoms with E-state index in [9.17, 15) is 5.11 Å². The minimum Gasteiger partial charge on any atom is -0.393 e. The second-order valence-corrected chi connectivity index (χ2v) is 10.00. The van der Waals surface area contributed by atoms with Crippen LogP contribution in [0.3, 0.4) is 0 Å². The van der Waals surface area contributed by atoms with E-state index < -0.39 is 0 Å². The lowest BCUT2D eigenvalue weighted by atomic mass is 9.47. The minimum atomic E-state index is -0.0908. The van der Waals surface area contributed by atoms with Gasteiger partial charge in [-0.1, -0.05) is 25.0 Å². The topological polar surface area (TPSA) is 41.5 Å². The highest BCUT2D eigenvalue weighted by Gasteiger charge is 2.60. The number of hydrogen-bond donors (Lipinski definition) is 2. The quantitative estimate of drug-likeness (QED) is 0.422. The molecule has 1 saturated heterocycles. The van der Waals surface area contributed by atoms with E-state index in [1.807, 2.05) is 0 Å². The van der Waals surface area contributed by atoms with Crippen molar-refractivity contribution in [3.8, 4) is 0 Å². The summed E-state index contributed by atoms with van der Waals surface area (Å²) < 4.78 is 9.23. The van der Waals surface area contributed by atoms with Crippen molar-refractivity contribution in [1.29, 1.82) is 0 Å². The molecule has 0 amide bonds. The normalized spacial score (nSPS) is 53.9. The summed E-state index contributed by atoms with van der Waals surface area (Å²) in [6, 6.07) is 0.558. The maximum atomic E-state index is 10.1. The molecule has 0 radical (unpaired) electrons. The van der Waals surface area contributed by atoms with E-state index in [0.717, 1.165) is 37.2 Å². The van der Waals surface area contributed by atoms with Gasteiger partial charge in [0.15, 0.2) is 0 Å². The number of aliphatic hydroxyl groups excluding tert-OH is 1. The molecule has 5 aliphatic rings. The summed E-state index contributed by atoms with van der Waals surface area (Å²) in [4.78, 5) is 0. The zero-order valence-corrected chi connectivity index (χ0v) is 15.6. The summed E-state index contributed by atoms with van der Waals surface area (Å²) in [5, 5.41) is 10.1. The first-order chi connectivity index (χ1) is 11.6. The standard InChI is InChI=1S/C20H31NO2S/c1-19-9-6-14(22)11-13(19)4-5-15-16(19)7-10-20(8-2-3-17(15)20)18-12-23-24-21-18/h4,14-18,21-22H,2-3,5-12H2,1H3/t14?,15-,16+,17+,18?,19+,20+/m1/s1. The molecule has 4 aliphatic carbocycles. The summed E-state index contributed by atoms with van der Waals surface area (Å²) in [6.45, 7) is 3.42. The van der Waals surface area contributed by atoms with Crippen LogP contribution in [0.4, 0.5) is 0 Å². The molecular weight excluding hydrogens is 318 g/mol. The van der Waals surface area contributed by atoms with Crippen molar-refractivity contribution in [3.05, 3.63) is 11.6 Å². The highest BCUT2D eigenvalue weighted by molar-refractivity contribution is 7.92. The predicted molar refractivity (Wildman–Crippen MR) is 97.1 cm³/mol. The summed E-state index contributed by atoms with van der Waals surface area (Å²) in [5.41, 5.74) is 2.44. The first kappa shape index (κ1) is 16.2. The second kappa shape index (κ2) is 5.73. The molecule has 0 bridgehead atoms. The number of hydrogen-bond acceptors (Lipinski definition) is 4. The zero-order chi connectivity index (χ0) is 16.4. The van der Waals surface area contributed by atoms with Gasteiger partial charge < -0.3 is 5.11 Å². The lowest BCUT2D eigenvalue weighted by Gasteiger charge is -2.58. The highest BCUT2D eigenvalue weighted by atomic mass is 32.2. The van der Waals surface area contributed by atoms with E-state index in [4.69, 9.17) is 4.18 Å². The third-order valence-electron chi connectivity index (χ3n) is 8.67. The van der Waals surface area contributed by atoms with E-state index in [-0.39, 0.29) is 6.10 Å². The largest absolute Gasteiger partial charge is 0.393 e. The van der Waals surface area contributed by atoms with E-state index >= 15 is 0 Å². The molecule has 5 rings (SSSR count). The smallest absolute Gasteiger partial charge is 0.0797 e. The monoisotopic (exact) mass is 349 g/mol. The fourth-order valence-electron chi connectivity index (χ4n) is 7.47. The van der Waals surface area contributed by atoms with Gasteiger partial charge in [-0.15, -0.1) is 0 Å². The van der Waals surface area contributed by atoms with E-state index in [1.54, 1.807) is 5.57 Å². The van der Waals surface area contributed by atoms with Crippen LogP contribution in [-0.4, -0.2) is 23.9 Å². The van der Waals surface area contributed by atoms with Gasteiger partial charge in [-0.2, -0.15) is 0 Å². The maximum Gasteiger partial charge on any atom is 0.0797 e. The molecule has 0 aromatic carbocycles. The number of rotatable bonds is 1. The molecule has 2 N–H and O–H groups in total. The van der Waals surface area contributed by atoms with Crippen molar-refractivity contribution in [1.82, 2.24) is 4.72 Å². The second-order valence-electron chi connectivity index (χ2n) is 9.36. The van der Waals surface area contributed by atoms with Gasteiger partial charge in [0.05, 0.1) is 24.9 Å². The van der Waals surface area contributed by atoms with Crippen LogP contribution in [0.1, 0.15) is 64.7 Å². The van der Waals surface area contributed by atoms with Crippen molar-refractivity contribution in [3.63, 3.8) is 0 Å². The molecule has 0 aromatic rings. The Kier molecular flexibility index (Phi) is 3.86. The van der Waals surface area contributed by atoms with Gasteiger partial charge in [-0.25, -0.2) is 4.72 Å². The Bertz CT molecular complexity index is 546. The fraction of sp³-hybridized carbons (Fsp3) is 0.900. The van der Waals surface area contributed by atoms with Crippen molar-refractivity contribution in [2.24, 2.45) is 28.6 Å². The first-order valence-corrected chi connectivity index (χ1v) is 10.8. The molecule has 4 fully saturated rings. The first-order valence-electron chi connectivity index (χ1n) is 10.0. The molecule has 7 atom stereocenters. The van der Waals surface area contributed by atoms with Crippen molar-refractivity contribution in [2.75, 3.05) is 6.61 Å². The van der Waals surface area contributed by atoms with Gasteiger partial charge in [-0.3, -0.25) is 4.18 Å². The average Bonchev–Trinajstić information content (AvgIpc) is 3.25. The van der Waals surface area contributed by atoms with Crippen molar-refractivity contribution in [2.45, 2.75) is 76.9 Å². The van der Waals surface area contributed by atoms with Crippen LogP contribution in [0.25, 0.3) is 0 Å². The van der Waals surface area contributed by atoms with E-state index in [0.29, 0.717) is 16.9 Å². The van der Waals surface area contributed by atoms with E-state index in [1.165, 1.54) is 57.2 Å². The molecule has 0 aromatic heterocycles. The summed E-state index contributed by atoms with van der Waals surface area (Å²) >= 11 is 1.48. The lowest BCUT2D eigenvalue weighted by molar-refractivity contribution is -0.0565. The third-order valence-corrected chi connectivity index (χ3v) is 9.30. The molecule has 0 spiro atoms. The number of fused-ring (bicyclic) bond motifs is 5. The van der Waals surface area contributed by atoms with Gasteiger partial charge in [0.1, 0.15) is 0 Å². The van der Waals surface area contributed by atoms with Crippen LogP contribution in [0.2, 0.25) is 0 Å². The Hall–Kier alpha value is -0.0300. The zero-order valence-electron chi connectivity index (χ0n) is 14.8. The highest BCUT2D eigenvalue weighted by Crippen LogP contribution is 2.66. The Morgan fingerprint density at radius 2 is 2.12 bits per heavy atom. The van der Waals surface area contributed by atoms with Crippen LogP contribution in [-0.2, 0) is 4.18 Å². The molecule has 1 aliphatic heterocycles. The molecule has 3 nitrogen and oxygen atoms in total. The van der Waals surface area contributed by atoms with Crippen molar-refractivity contribution < 1.29 is 9.29 Å². The summed E-state index contributed by atoms with van der Waals surface area (Å²) in [5.74, 6) is 2.58. The maximum absolute atomic E-state index is 10.1. The molecular formula is C20H31NO2S. The number of nitrogens with one attached hydrogen (secondary N) is 1. The SMILES string of the molecule is C[C@]12CCC(O)CC1=CC[C@H]1[C@@H]3CCC[C@]3(C3COSN3)CC[C@@H]12. The Morgan fingerprint density at radius 1 is 1.21 bits per heavy atom. The molecule has 1 heterocycles. The van der Waals surface area contributed by atoms with Gasteiger partial charge in [0.25, 0.3) is 0 Å². The fourth-order valence-corrected chi connectivity index (χ4v) is 8.16. The van der Waals surface area contributed by atoms with Gasteiger partial charge >= 0.3 is 0 Å². The average molecular weight is 350 g/mol. The van der Waals surface area contributed by atoms with Crippen LogP contribution >= 0.6 is 12.2 Å². The van der Waals surface area contributed by atoms with Gasteiger partial charge in [0, 0.05) is 6.04 Å². The Morgan fingerprint density at radius 3 is 2.96 bits per heavy atom. The van der Waals surface area contributed by atoms with Crippen LogP contribution in [0.5, 0.6) is 0 Å². The predicted octanol–water partition coefficient (Wildman–Crippen LogP) is 4.23. The number of allylic oxidation sites excluding steroid dienone is 1. The number of aliphatic hydroxyl groups is 1. The van der Waals surface area contributed by atoms with Gasteiger partial charge in [0.2, 0.25) is 0 Å². The summed E-state index contributed by atoms with van der Waals surface area (Å²) in [7, 11) is 0. The Balaban J connectivity index is 1.47. The Labute approximate surface area is 150 Å². The molecule has 3 saturated carbocycles. The molecule has 24 heavy (non-hydrogen) atoms. The lowest BCUT2D eigenvalue weighted by Crippen LogP contribution is -2.55. The molecule has 4 heteroatoms. The van der Waals surface area contributed by atoms with Crippen LogP contribution in [0, 0.1) is 28.6 Å². The minimum absolute atomic E-state index is 0.0908. The van der Waals surface area contributed by atoms with Crippen molar-refractivity contribution >= 4 is 12.2 Å².